The summed E-state index contributed by atoms with van der Waals surface area (Å²) in [6.07, 6.45) is 7.85. The average molecular weight is 405 g/mol. The zero-order chi connectivity index (χ0) is 20.3. The molecule has 0 spiro atoms. The number of fused-ring (bicyclic) bond motifs is 3. The van der Waals surface area contributed by atoms with Crippen LogP contribution in [0.3, 0.4) is 0 Å². The molecule has 0 N–H and O–H groups in total. The maximum absolute atomic E-state index is 6.47. The molecule has 0 bridgehead atoms. The van der Waals surface area contributed by atoms with E-state index >= 15 is 0 Å². The third-order valence-corrected chi connectivity index (χ3v) is 7.39. The zero-order valence-electron chi connectivity index (χ0n) is 18.5. The number of ether oxygens (including phenoxy) is 1. The molecule has 2 saturated heterocycles. The van der Waals surface area contributed by atoms with Gasteiger partial charge in [-0.15, -0.1) is 0 Å². The molecule has 0 aliphatic carbocycles. The molecule has 2 fully saturated rings. The second-order valence-electron chi connectivity index (χ2n) is 9.48. The lowest BCUT2D eigenvalue weighted by molar-refractivity contribution is 0.200. The van der Waals surface area contributed by atoms with Gasteiger partial charge in [0.2, 0.25) is 0 Å². The minimum absolute atomic E-state index is 0.410. The minimum atomic E-state index is 0.410. The third-order valence-electron chi connectivity index (χ3n) is 7.39. The van der Waals surface area contributed by atoms with Crippen molar-refractivity contribution in [2.45, 2.75) is 57.4 Å². The van der Waals surface area contributed by atoms with Crippen molar-refractivity contribution >= 4 is 0 Å². The number of benzene rings is 2. The van der Waals surface area contributed by atoms with Crippen LogP contribution in [0.25, 0.3) is 0 Å². The summed E-state index contributed by atoms with van der Waals surface area (Å²) in [5.74, 6) is 1.54. The Kier molecular flexibility index (Phi) is 6.10. The summed E-state index contributed by atoms with van der Waals surface area (Å²) in [7, 11) is 0. The second-order valence-corrected chi connectivity index (χ2v) is 9.48. The van der Waals surface area contributed by atoms with Gasteiger partial charge in [-0.25, -0.2) is 0 Å². The van der Waals surface area contributed by atoms with Crippen molar-refractivity contribution in [3.63, 3.8) is 0 Å². The van der Waals surface area contributed by atoms with Crippen molar-refractivity contribution in [1.82, 2.24) is 9.80 Å². The number of piperidine rings is 1. The summed E-state index contributed by atoms with van der Waals surface area (Å²) < 4.78 is 6.47. The fraction of sp³-hybridized carbons (Fsp3) is 0.556. The summed E-state index contributed by atoms with van der Waals surface area (Å²) in [6, 6.07) is 16.5. The molecular weight excluding hydrogens is 368 g/mol. The maximum atomic E-state index is 6.47. The molecule has 3 nitrogen and oxygen atoms in total. The predicted octanol–water partition coefficient (Wildman–Crippen LogP) is 5.53. The van der Waals surface area contributed by atoms with Crippen LogP contribution in [-0.4, -0.2) is 49.1 Å². The van der Waals surface area contributed by atoms with E-state index in [1.807, 2.05) is 0 Å². The highest BCUT2D eigenvalue weighted by atomic mass is 16.5. The van der Waals surface area contributed by atoms with E-state index in [4.69, 9.17) is 4.74 Å². The standard InChI is InChI=1S/C27H36N2O/c1-21-11-13-22(14-12-21)24-20-29-18-6-9-25(29)23-8-5-10-26(27(23)24)30-19-7-17-28-15-3-2-4-16-28/h5,8,10-14,24-25H,2-4,6-7,9,15-20H2,1H3. The Balaban J connectivity index is 1.36. The van der Waals surface area contributed by atoms with E-state index in [9.17, 15) is 0 Å². The molecule has 0 amide bonds. The molecule has 2 unspecified atom stereocenters. The van der Waals surface area contributed by atoms with Gasteiger partial charge in [0.15, 0.2) is 0 Å². The van der Waals surface area contributed by atoms with Crippen LogP contribution >= 0.6 is 0 Å². The van der Waals surface area contributed by atoms with Gasteiger partial charge < -0.3 is 9.64 Å². The van der Waals surface area contributed by atoms with Gasteiger partial charge in [0.1, 0.15) is 5.75 Å². The van der Waals surface area contributed by atoms with Crippen LogP contribution in [0.1, 0.15) is 72.7 Å². The number of likely N-dealkylation sites (tertiary alicyclic amines) is 1. The van der Waals surface area contributed by atoms with E-state index < -0.39 is 0 Å². The van der Waals surface area contributed by atoms with E-state index in [-0.39, 0.29) is 0 Å². The monoisotopic (exact) mass is 404 g/mol. The fourth-order valence-electron chi connectivity index (χ4n) is 5.80. The predicted molar refractivity (Wildman–Crippen MR) is 123 cm³/mol. The largest absolute Gasteiger partial charge is 0.493 e. The molecule has 160 valence electrons. The molecule has 30 heavy (non-hydrogen) atoms. The molecule has 3 heterocycles. The third kappa shape index (κ3) is 4.15. The Morgan fingerprint density at radius 1 is 0.933 bits per heavy atom. The molecule has 3 aliphatic rings. The lowest BCUT2D eigenvalue weighted by Crippen LogP contribution is -2.35. The zero-order valence-corrected chi connectivity index (χ0v) is 18.5. The SMILES string of the molecule is Cc1ccc(C2CN3CCCC3c3cccc(OCCCN4CCCCC4)c32)cc1. The number of hydrogen-bond acceptors (Lipinski definition) is 3. The number of nitrogens with zero attached hydrogens (tertiary/aromatic N) is 2. The van der Waals surface area contributed by atoms with E-state index in [0.29, 0.717) is 12.0 Å². The van der Waals surface area contributed by atoms with Crippen LogP contribution < -0.4 is 4.74 Å². The Hall–Kier alpha value is -1.84. The molecule has 3 aliphatic heterocycles. The smallest absolute Gasteiger partial charge is 0.123 e. The number of hydrogen-bond donors (Lipinski definition) is 0. The Morgan fingerprint density at radius 2 is 1.77 bits per heavy atom. The van der Waals surface area contributed by atoms with Gasteiger partial charge in [-0.3, -0.25) is 4.90 Å². The molecule has 0 radical (unpaired) electrons. The Bertz CT molecular complexity index is 840. The molecule has 2 aromatic rings. The lowest BCUT2D eigenvalue weighted by Gasteiger charge is -2.38. The Labute approximate surface area is 182 Å². The van der Waals surface area contributed by atoms with Gasteiger partial charge >= 0.3 is 0 Å². The summed E-state index contributed by atoms with van der Waals surface area (Å²) >= 11 is 0. The highest BCUT2D eigenvalue weighted by Gasteiger charge is 2.38. The van der Waals surface area contributed by atoms with E-state index in [1.54, 1.807) is 0 Å². The molecule has 0 saturated carbocycles. The summed E-state index contributed by atoms with van der Waals surface area (Å²) in [6.45, 7) is 9.06. The van der Waals surface area contributed by atoms with E-state index in [2.05, 4.69) is 59.2 Å². The maximum Gasteiger partial charge on any atom is 0.123 e. The number of aryl methyl sites for hydroxylation is 1. The number of rotatable bonds is 6. The first-order chi connectivity index (χ1) is 14.8. The Morgan fingerprint density at radius 3 is 2.60 bits per heavy atom. The van der Waals surface area contributed by atoms with Crippen LogP contribution in [-0.2, 0) is 0 Å². The molecule has 2 atom stereocenters. The van der Waals surface area contributed by atoms with Crippen molar-refractivity contribution in [1.29, 1.82) is 0 Å². The van der Waals surface area contributed by atoms with Crippen LogP contribution in [0.4, 0.5) is 0 Å². The topological polar surface area (TPSA) is 15.7 Å². The van der Waals surface area contributed by atoms with E-state index in [0.717, 1.165) is 25.3 Å². The van der Waals surface area contributed by atoms with Gasteiger partial charge in [0, 0.05) is 30.6 Å². The summed E-state index contributed by atoms with van der Waals surface area (Å²) in [5.41, 5.74) is 5.73. The second kappa shape index (κ2) is 9.11. The first-order valence-electron chi connectivity index (χ1n) is 12.1. The van der Waals surface area contributed by atoms with Crippen molar-refractivity contribution in [3.05, 3.63) is 64.7 Å². The van der Waals surface area contributed by atoms with Crippen LogP contribution in [0.2, 0.25) is 0 Å². The molecule has 3 heteroatoms. The first-order valence-corrected chi connectivity index (χ1v) is 12.1. The van der Waals surface area contributed by atoms with Crippen molar-refractivity contribution in [2.24, 2.45) is 0 Å². The molecular formula is C27H36N2O. The summed E-state index contributed by atoms with van der Waals surface area (Å²) in [4.78, 5) is 5.31. The summed E-state index contributed by atoms with van der Waals surface area (Å²) in [5, 5.41) is 0. The lowest BCUT2D eigenvalue weighted by atomic mass is 9.81. The van der Waals surface area contributed by atoms with Gasteiger partial charge in [-0.05, 0) is 75.9 Å². The minimum Gasteiger partial charge on any atom is -0.493 e. The molecule has 0 aromatic heterocycles. The normalized spacial score (nSPS) is 24.4. The van der Waals surface area contributed by atoms with Gasteiger partial charge in [-0.1, -0.05) is 48.4 Å². The highest BCUT2D eigenvalue weighted by molar-refractivity contribution is 5.51. The van der Waals surface area contributed by atoms with Crippen molar-refractivity contribution < 1.29 is 4.74 Å². The first kappa shape index (κ1) is 20.1. The van der Waals surface area contributed by atoms with Gasteiger partial charge in [-0.2, -0.15) is 0 Å². The van der Waals surface area contributed by atoms with Crippen LogP contribution in [0.5, 0.6) is 5.75 Å². The van der Waals surface area contributed by atoms with Crippen LogP contribution in [0.15, 0.2) is 42.5 Å². The van der Waals surface area contributed by atoms with Crippen molar-refractivity contribution in [2.75, 3.05) is 39.3 Å². The highest BCUT2D eigenvalue weighted by Crippen LogP contribution is 2.47. The van der Waals surface area contributed by atoms with E-state index in [1.165, 1.54) is 80.5 Å². The average Bonchev–Trinajstić information content (AvgIpc) is 3.26. The molecule has 2 aromatic carbocycles. The fourth-order valence-corrected chi connectivity index (χ4v) is 5.80. The molecule has 5 rings (SSSR count). The van der Waals surface area contributed by atoms with Gasteiger partial charge in [0.05, 0.1) is 6.61 Å². The van der Waals surface area contributed by atoms with Gasteiger partial charge in [0.25, 0.3) is 0 Å². The quantitative estimate of drug-likeness (QED) is 0.589. The van der Waals surface area contributed by atoms with Crippen molar-refractivity contribution in [3.8, 4) is 5.75 Å². The van der Waals surface area contributed by atoms with Crippen LogP contribution in [0, 0.1) is 6.92 Å².